The highest BCUT2D eigenvalue weighted by molar-refractivity contribution is 7.99. The van der Waals surface area contributed by atoms with Gasteiger partial charge in [0.2, 0.25) is 11.8 Å². The summed E-state index contributed by atoms with van der Waals surface area (Å²) in [6.07, 6.45) is 4.36. The Bertz CT molecular complexity index is 522. The van der Waals surface area contributed by atoms with E-state index in [4.69, 9.17) is 0 Å². The molecular weight excluding hydrogens is 315 g/mol. The first kappa shape index (κ1) is 17.8. The molecule has 6 heteroatoms. The Morgan fingerprint density at radius 1 is 1.22 bits per heavy atom. The number of thioether (sulfide) groups is 1. The molecule has 0 aromatic heterocycles. The minimum atomic E-state index is -0.232. The zero-order chi connectivity index (χ0) is 16.5. The lowest BCUT2D eigenvalue weighted by Gasteiger charge is -2.19. The number of likely N-dealkylation sites (tertiary alicyclic amines) is 1. The fraction of sp³-hybridized carbons (Fsp3) is 0.529. The number of rotatable bonds is 7. The minimum absolute atomic E-state index is 0.0875. The van der Waals surface area contributed by atoms with Gasteiger partial charge in [-0.15, -0.1) is 11.8 Å². The summed E-state index contributed by atoms with van der Waals surface area (Å²) >= 11 is 1.64. The molecule has 0 spiro atoms. The third kappa shape index (κ3) is 6.60. The first-order chi connectivity index (χ1) is 11.1. The van der Waals surface area contributed by atoms with Crippen LogP contribution in [0.1, 0.15) is 32.1 Å². The Morgan fingerprint density at radius 2 is 2.00 bits per heavy atom. The summed E-state index contributed by atoms with van der Waals surface area (Å²) < 4.78 is 12.8. The van der Waals surface area contributed by atoms with Gasteiger partial charge in [0.25, 0.3) is 0 Å². The molecule has 0 saturated carbocycles. The summed E-state index contributed by atoms with van der Waals surface area (Å²) in [4.78, 5) is 26.4. The number of nitrogens with one attached hydrogen (secondary N) is 1. The molecule has 23 heavy (non-hydrogen) atoms. The summed E-state index contributed by atoms with van der Waals surface area (Å²) in [5.41, 5.74) is 0. The van der Waals surface area contributed by atoms with Crippen LogP contribution >= 0.6 is 11.8 Å². The van der Waals surface area contributed by atoms with Gasteiger partial charge in [-0.25, -0.2) is 4.39 Å². The van der Waals surface area contributed by atoms with Gasteiger partial charge >= 0.3 is 0 Å². The van der Waals surface area contributed by atoms with Crippen molar-refractivity contribution in [3.8, 4) is 0 Å². The zero-order valence-electron chi connectivity index (χ0n) is 13.2. The normalized spacial score (nSPS) is 15.3. The van der Waals surface area contributed by atoms with E-state index in [1.54, 1.807) is 28.8 Å². The molecule has 1 aliphatic rings. The van der Waals surface area contributed by atoms with Gasteiger partial charge in [-0.2, -0.15) is 0 Å². The number of carbonyl (C=O) groups excluding carboxylic acids is 2. The molecule has 0 atom stereocenters. The Morgan fingerprint density at radius 3 is 2.78 bits per heavy atom. The lowest BCUT2D eigenvalue weighted by atomic mass is 10.2. The molecule has 126 valence electrons. The summed E-state index contributed by atoms with van der Waals surface area (Å²) in [5.74, 6) is 0.621. The molecule has 0 radical (unpaired) electrons. The van der Waals surface area contributed by atoms with E-state index in [0.717, 1.165) is 36.3 Å². The van der Waals surface area contributed by atoms with Crippen LogP contribution in [0.5, 0.6) is 0 Å². The molecule has 1 fully saturated rings. The molecule has 1 aromatic rings. The van der Waals surface area contributed by atoms with E-state index in [9.17, 15) is 14.0 Å². The Balaban J connectivity index is 1.59. The minimum Gasteiger partial charge on any atom is -0.355 e. The molecule has 1 aromatic carbocycles. The maximum Gasteiger partial charge on any atom is 0.239 e. The average Bonchev–Trinajstić information content (AvgIpc) is 2.74. The Labute approximate surface area is 140 Å². The van der Waals surface area contributed by atoms with Crippen molar-refractivity contribution in [2.45, 2.75) is 37.0 Å². The van der Waals surface area contributed by atoms with Crippen molar-refractivity contribution in [2.24, 2.45) is 0 Å². The van der Waals surface area contributed by atoms with Crippen molar-refractivity contribution in [2.75, 3.05) is 25.4 Å². The Kier molecular flexibility index (Phi) is 7.39. The van der Waals surface area contributed by atoms with Gasteiger partial charge in [0.05, 0.1) is 6.54 Å². The summed E-state index contributed by atoms with van der Waals surface area (Å²) in [6, 6.07) is 6.40. The second kappa shape index (κ2) is 9.55. The molecule has 1 saturated heterocycles. The molecule has 1 heterocycles. The number of benzene rings is 1. The molecule has 0 bridgehead atoms. The Hall–Kier alpha value is -1.56. The van der Waals surface area contributed by atoms with Gasteiger partial charge < -0.3 is 10.2 Å². The number of nitrogens with zero attached hydrogens (tertiary/aromatic N) is 1. The van der Waals surface area contributed by atoms with Crippen molar-refractivity contribution >= 4 is 23.6 Å². The number of amides is 2. The standard InChI is InChI=1S/C17H23FN2O2S/c18-14-6-8-15(9-7-14)23-12-4-10-19-16(21)13-20-11-3-1-2-5-17(20)22/h6-9H,1-5,10-13H2,(H,19,21). The van der Waals surface area contributed by atoms with Gasteiger partial charge in [-0.1, -0.05) is 6.42 Å². The van der Waals surface area contributed by atoms with Crippen molar-refractivity contribution in [3.63, 3.8) is 0 Å². The molecule has 0 unspecified atom stereocenters. The van der Waals surface area contributed by atoms with Gasteiger partial charge in [0.1, 0.15) is 5.82 Å². The van der Waals surface area contributed by atoms with Crippen molar-refractivity contribution < 1.29 is 14.0 Å². The highest BCUT2D eigenvalue weighted by atomic mass is 32.2. The largest absolute Gasteiger partial charge is 0.355 e. The van der Waals surface area contributed by atoms with Crippen molar-refractivity contribution in [3.05, 3.63) is 30.1 Å². The summed E-state index contributed by atoms with van der Waals surface area (Å²) in [7, 11) is 0. The second-order valence-corrected chi connectivity index (χ2v) is 6.80. The van der Waals surface area contributed by atoms with Gasteiger partial charge in [-0.05, 0) is 49.3 Å². The van der Waals surface area contributed by atoms with E-state index >= 15 is 0 Å². The molecule has 1 aliphatic heterocycles. The number of hydrogen-bond donors (Lipinski definition) is 1. The lowest BCUT2D eigenvalue weighted by Crippen LogP contribution is -2.40. The first-order valence-corrected chi connectivity index (χ1v) is 9.06. The van der Waals surface area contributed by atoms with Crippen molar-refractivity contribution in [1.82, 2.24) is 10.2 Å². The van der Waals surface area contributed by atoms with Crippen LogP contribution in [-0.4, -0.2) is 42.1 Å². The molecule has 2 amide bonds. The summed E-state index contributed by atoms with van der Waals surface area (Å²) in [5, 5.41) is 2.86. The second-order valence-electron chi connectivity index (χ2n) is 5.63. The van der Waals surface area contributed by atoms with Crippen LogP contribution in [-0.2, 0) is 9.59 Å². The van der Waals surface area contributed by atoms with Crippen LogP contribution in [0.25, 0.3) is 0 Å². The van der Waals surface area contributed by atoms with Crippen molar-refractivity contribution in [1.29, 1.82) is 0 Å². The van der Waals surface area contributed by atoms with E-state index in [0.29, 0.717) is 19.5 Å². The lowest BCUT2D eigenvalue weighted by molar-refractivity contribution is -0.135. The van der Waals surface area contributed by atoms with E-state index in [1.807, 2.05) is 0 Å². The highest BCUT2D eigenvalue weighted by Gasteiger charge is 2.18. The van der Waals surface area contributed by atoms with Gasteiger partial charge in [0.15, 0.2) is 0 Å². The molecule has 1 N–H and O–H groups in total. The molecule has 2 rings (SSSR count). The fourth-order valence-corrected chi connectivity index (χ4v) is 3.31. The number of halogens is 1. The SMILES string of the molecule is O=C(CN1CCCCCC1=O)NCCCSc1ccc(F)cc1. The summed E-state index contributed by atoms with van der Waals surface area (Å²) in [6.45, 7) is 1.45. The number of hydrogen-bond acceptors (Lipinski definition) is 3. The smallest absolute Gasteiger partial charge is 0.239 e. The van der Waals surface area contributed by atoms with E-state index in [-0.39, 0.29) is 24.2 Å². The van der Waals surface area contributed by atoms with Crippen LogP contribution in [0, 0.1) is 5.82 Å². The third-order valence-corrected chi connectivity index (χ3v) is 4.83. The maximum atomic E-state index is 12.8. The maximum absolute atomic E-state index is 12.8. The third-order valence-electron chi connectivity index (χ3n) is 3.73. The average molecular weight is 338 g/mol. The molecule has 0 aliphatic carbocycles. The molecular formula is C17H23FN2O2S. The van der Waals surface area contributed by atoms with Gasteiger partial charge in [-0.3, -0.25) is 9.59 Å². The van der Waals surface area contributed by atoms with Crippen LogP contribution in [0.2, 0.25) is 0 Å². The molecule has 4 nitrogen and oxygen atoms in total. The number of carbonyl (C=O) groups is 2. The zero-order valence-corrected chi connectivity index (χ0v) is 14.0. The predicted molar refractivity (Wildman–Crippen MR) is 89.8 cm³/mol. The quantitative estimate of drug-likeness (QED) is 0.614. The monoisotopic (exact) mass is 338 g/mol. The predicted octanol–water partition coefficient (Wildman–Crippen LogP) is 2.83. The first-order valence-electron chi connectivity index (χ1n) is 8.08. The van der Waals surface area contributed by atoms with Crippen LogP contribution in [0.3, 0.4) is 0 Å². The van der Waals surface area contributed by atoms with Crippen LogP contribution in [0.4, 0.5) is 4.39 Å². The van der Waals surface area contributed by atoms with Gasteiger partial charge in [0, 0.05) is 24.4 Å². The topological polar surface area (TPSA) is 49.4 Å². The van der Waals surface area contributed by atoms with E-state index in [1.165, 1.54) is 12.1 Å². The van der Waals surface area contributed by atoms with Crippen LogP contribution in [0.15, 0.2) is 29.2 Å². The van der Waals surface area contributed by atoms with E-state index < -0.39 is 0 Å². The highest BCUT2D eigenvalue weighted by Crippen LogP contribution is 2.18. The van der Waals surface area contributed by atoms with E-state index in [2.05, 4.69) is 5.32 Å². The fourth-order valence-electron chi connectivity index (χ4n) is 2.46. The van der Waals surface area contributed by atoms with Crippen LogP contribution < -0.4 is 5.32 Å².